The van der Waals surface area contributed by atoms with Crippen molar-refractivity contribution < 1.29 is 29.0 Å². The molecule has 3 aromatic carbocycles. The SMILES string of the molecule is Cc1cc(Cl)ccc1NC(=O)C(=O)[C@H](C(=O)c1ccccc1O)[C@H]1OC(=O)c2ccccc21. The number of phenols is 1. The summed E-state index contributed by atoms with van der Waals surface area (Å²) in [4.78, 5) is 52.0. The summed E-state index contributed by atoms with van der Waals surface area (Å²) in [5.74, 6) is -5.75. The van der Waals surface area contributed by atoms with Gasteiger partial charge in [-0.2, -0.15) is 0 Å². The summed E-state index contributed by atoms with van der Waals surface area (Å²) < 4.78 is 5.38. The average molecular weight is 464 g/mol. The Balaban J connectivity index is 1.73. The van der Waals surface area contributed by atoms with Crippen LogP contribution in [0.2, 0.25) is 5.02 Å². The number of amides is 1. The molecule has 4 rings (SSSR count). The third-order valence-corrected chi connectivity index (χ3v) is 5.65. The molecular weight excluding hydrogens is 446 g/mol. The number of ketones is 2. The molecule has 0 spiro atoms. The zero-order valence-electron chi connectivity index (χ0n) is 17.4. The Morgan fingerprint density at radius 2 is 1.73 bits per heavy atom. The average Bonchev–Trinajstić information content (AvgIpc) is 3.12. The lowest BCUT2D eigenvalue weighted by atomic mass is 9.84. The Bertz CT molecular complexity index is 1300. The van der Waals surface area contributed by atoms with Crippen molar-refractivity contribution >= 4 is 40.7 Å². The molecule has 1 heterocycles. The van der Waals surface area contributed by atoms with Gasteiger partial charge in [0, 0.05) is 16.3 Å². The number of Topliss-reactive ketones (excluding diaryl/α,β-unsaturated/α-hetero) is 2. The van der Waals surface area contributed by atoms with Gasteiger partial charge in [0.2, 0.25) is 5.78 Å². The Morgan fingerprint density at radius 3 is 2.45 bits per heavy atom. The van der Waals surface area contributed by atoms with Gasteiger partial charge >= 0.3 is 5.97 Å². The van der Waals surface area contributed by atoms with Gasteiger partial charge < -0.3 is 15.2 Å². The maximum atomic E-state index is 13.4. The standard InChI is InChI=1S/C25H18ClNO6/c1-13-12-14(26)10-11-18(13)27-24(31)22(30)20(21(29)17-8-4-5-9-19(17)28)23-15-6-2-3-7-16(15)25(32)33-23/h2-12,20,23,28H,1H3,(H,27,31)/t20-,23-/m0/s1. The van der Waals surface area contributed by atoms with Crippen LogP contribution in [-0.4, -0.2) is 28.5 Å². The minimum absolute atomic E-state index is 0.160. The molecule has 8 heteroatoms. The van der Waals surface area contributed by atoms with Gasteiger partial charge in [-0.05, 0) is 48.9 Å². The molecule has 0 radical (unpaired) electrons. The van der Waals surface area contributed by atoms with E-state index >= 15 is 0 Å². The molecule has 0 aliphatic carbocycles. The van der Waals surface area contributed by atoms with E-state index in [4.69, 9.17) is 16.3 Å². The summed E-state index contributed by atoms with van der Waals surface area (Å²) >= 11 is 5.94. The molecule has 2 atom stereocenters. The van der Waals surface area contributed by atoms with Crippen molar-refractivity contribution in [3.05, 3.63) is 94.0 Å². The number of cyclic esters (lactones) is 1. The van der Waals surface area contributed by atoms with E-state index in [1.807, 2.05) is 0 Å². The molecule has 1 amide bonds. The molecule has 0 saturated carbocycles. The van der Waals surface area contributed by atoms with E-state index in [0.29, 0.717) is 21.8 Å². The van der Waals surface area contributed by atoms with Gasteiger partial charge in [0.25, 0.3) is 5.91 Å². The van der Waals surface area contributed by atoms with E-state index in [1.165, 1.54) is 36.4 Å². The van der Waals surface area contributed by atoms with Crippen molar-refractivity contribution in [2.75, 3.05) is 5.32 Å². The zero-order chi connectivity index (χ0) is 23.7. The molecule has 1 aliphatic rings. The number of esters is 1. The largest absolute Gasteiger partial charge is 0.507 e. The second kappa shape index (κ2) is 8.88. The maximum Gasteiger partial charge on any atom is 0.339 e. The highest BCUT2D eigenvalue weighted by molar-refractivity contribution is 6.45. The van der Waals surface area contributed by atoms with Crippen molar-refractivity contribution in [1.82, 2.24) is 0 Å². The predicted octanol–water partition coefficient (Wildman–Crippen LogP) is 4.27. The molecule has 0 unspecified atom stereocenters. The van der Waals surface area contributed by atoms with Gasteiger partial charge in [0.15, 0.2) is 5.78 Å². The van der Waals surface area contributed by atoms with Crippen molar-refractivity contribution in [1.29, 1.82) is 0 Å². The summed E-state index contributed by atoms with van der Waals surface area (Å²) in [5, 5.41) is 13.1. The van der Waals surface area contributed by atoms with Crippen LogP contribution in [0.25, 0.3) is 0 Å². The molecular formula is C25H18ClNO6. The third-order valence-electron chi connectivity index (χ3n) is 5.42. The van der Waals surface area contributed by atoms with E-state index in [9.17, 15) is 24.3 Å². The van der Waals surface area contributed by atoms with Crippen molar-refractivity contribution in [2.24, 2.45) is 5.92 Å². The number of phenolic OH excluding ortho intramolecular Hbond substituents is 1. The second-order valence-corrected chi connectivity index (χ2v) is 7.99. The van der Waals surface area contributed by atoms with E-state index in [0.717, 1.165) is 0 Å². The molecule has 33 heavy (non-hydrogen) atoms. The van der Waals surface area contributed by atoms with Crippen LogP contribution in [0.1, 0.15) is 37.9 Å². The molecule has 166 valence electrons. The number of fused-ring (bicyclic) bond motifs is 1. The van der Waals surface area contributed by atoms with Crippen LogP contribution in [-0.2, 0) is 14.3 Å². The van der Waals surface area contributed by atoms with Crippen LogP contribution in [0.3, 0.4) is 0 Å². The molecule has 3 aromatic rings. The summed E-state index contributed by atoms with van der Waals surface area (Å²) in [6.45, 7) is 1.70. The van der Waals surface area contributed by atoms with Crippen LogP contribution < -0.4 is 5.32 Å². The third kappa shape index (κ3) is 4.23. The number of carbonyl (C=O) groups excluding carboxylic acids is 4. The van der Waals surface area contributed by atoms with Gasteiger partial charge in [0.05, 0.1) is 11.1 Å². The molecule has 1 aliphatic heterocycles. The summed E-state index contributed by atoms with van der Waals surface area (Å²) in [6.07, 6.45) is -1.31. The Labute approximate surface area is 194 Å². The number of para-hydroxylation sites is 1. The van der Waals surface area contributed by atoms with Crippen molar-refractivity contribution in [3.8, 4) is 5.75 Å². The number of aromatic hydroxyl groups is 1. The smallest absolute Gasteiger partial charge is 0.339 e. The first-order chi connectivity index (χ1) is 15.8. The number of hydrogen-bond donors (Lipinski definition) is 2. The quantitative estimate of drug-likeness (QED) is 0.244. The highest BCUT2D eigenvalue weighted by atomic mass is 35.5. The van der Waals surface area contributed by atoms with Gasteiger partial charge in [0.1, 0.15) is 17.8 Å². The monoisotopic (exact) mass is 463 g/mol. The number of halogens is 1. The molecule has 0 saturated heterocycles. The van der Waals surface area contributed by atoms with Crippen LogP contribution in [0.15, 0.2) is 66.7 Å². The zero-order valence-corrected chi connectivity index (χ0v) is 18.1. The normalized spacial score (nSPS) is 15.3. The summed E-state index contributed by atoms with van der Waals surface area (Å²) in [5.41, 5.74) is 1.33. The number of anilines is 1. The van der Waals surface area contributed by atoms with E-state index in [1.54, 1.807) is 37.3 Å². The number of carbonyl (C=O) groups is 4. The van der Waals surface area contributed by atoms with E-state index in [2.05, 4.69) is 5.32 Å². The first-order valence-corrected chi connectivity index (χ1v) is 10.4. The first-order valence-electron chi connectivity index (χ1n) is 10.0. The lowest BCUT2D eigenvalue weighted by Gasteiger charge is -2.21. The fraction of sp³-hybridized carbons (Fsp3) is 0.120. The number of hydrogen-bond acceptors (Lipinski definition) is 6. The number of aryl methyl sites for hydroxylation is 1. The Morgan fingerprint density at radius 1 is 1.03 bits per heavy atom. The fourth-order valence-electron chi connectivity index (χ4n) is 3.76. The maximum absolute atomic E-state index is 13.4. The van der Waals surface area contributed by atoms with Crippen LogP contribution in [0, 0.1) is 12.8 Å². The minimum atomic E-state index is -1.70. The summed E-state index contributed by atoms with van der Waals surface area (Å²) in [7, 11) is 0. The molecule has 0 bridgehead atoms. The van der Waals surface area contributed by atoms with Gasteiger partial charge in [-0.3, -0.25) is 14.4 Å². The Kier molecular flexibility index (Phi) is 5.98. The first kappa shape index (κ1) is 22.2. The van der Waals surface area contributed by atoms with Crippen molar-refractivity contribution in [2.45, 2.75) is 13.0 Å². The van der Waals surface area contributed by atoms with Gasteiger partial charge in [-0.15, -0.1) is 0 Å². The van der Waals surface area contributed by atoms with Crippen molar-refractivity contribution in [3.63, 3.8) is 0 Å². The fourth-order valence-corrected chi connectivity index (χ4v) is 3.98. The molecule has 7 nitrogen and oxygen atoms in total. The topological polar surface area (TPSA) is 110 Å². The van der Waals surface area contributed by atoms with E-state index in [-0.39, 0.29) is 16.9 Å². The second-order valence-electron chi connectivity index (χ2n) is 7.55. The number of nitrogens with one attached hydrogen (secondary N) is 1. The minimum Gasteiger partial charge on any atom is -0.507 e. The van der Waals surface area contributed by atoms with Crippen LogP contribution in [0.5, 0.6) is 5.75 Å². The Hall–Kier alpha value is -3.97. The highest BCUT2D eigenvalue weighted by Gasteiger charge is 2.46. The predicted molar refractivity (Wildman–Crippen MR) is 120 cm³/mol. The van der Waals surface area contributed by atoms with Crippen LogP contribution in [0.4, 0.5) is 5.69 Å². The number of ether oxygens (including phenoxy) is 1. The van der Waals surface area contributed by atoms with Crippen LogP contribution >= 0.6 is 11.6 Å². The number of rotatable bonds is 6. The van der Waals surface area contributed by atoms with Gasteiger partial charge in [-0.25, -0.2) is 4.79 Å². The number of benzene rings is 3. The lowest BCUT2D eigenvalue weighted by Crippen LogP contribution is -2.38. The molecule has 0 fully saturated rings. The molecule has 0 aromatic heterocycles. The molecule has 2 N–H and O–H groups in total. The summed E-state index contributed by atoms with van der Waals surface area (Å²) in [6, 6.07) is 16.7. The van der Waals surface area contributed by atoms with E-state index < -0.39 is 35.5 Å². The lowest BCUT2D eigenvalue weighted by molar-refractivity contribution is -0.138. The van der Waals surface area contributed by atoms with Gasteiger partial charge in [-0.1, -0.05) is 41.9 Å². The highest BCUT2D eigenvalue weighted by Crippen LogP contribution is 2.39.